The number of Topliss-reactive ketones (excluding diaryl/α,β-unsaturated/α-hetero) is 1. The van der Waals surface area contributed by atoms with Gasteiger partial charge in [0.2, 0.25) is 0 Å². The Kier molecular flexibility index (Phi) is 4.91. The molecule has 0 amide bonds. The summed E-state index contributed by atoms with van der Waals surface area (Å²) >= 11 is 0. The van der Waals surface area contributed by atoms with E-state index in [1.165, 1.54) is 0 Å². The number of carbonyl (C=O) groups is 1. The van der Waals surface area contributed by atoms with Gasteiger partial charge in [0.15, 0.2) is 11.9 Å². The summed E-state index contributed by atoms with van der Waals surface area (Å²) in [7, 11) is 0. The van der Waals surface area contributed by atoms with E-state index < -0.39 is 5.41 Å². The Labute approximate surface area is 189 Å². The molecule has 2 aromatic rings. The van der Waals surface area contributed by atoms with Gasteiger partial charge in [-0.15, -0.1) is 0 Å². The highest BCUT2D eigenvalue weighted by molar-refractivity contribution is 6.01. The lowest BCUT2D eigenvalue weighted by Gasteiger charge is -2.47. The molecular weight excluding hydrogens is 398 g/mol. The fourth-order valence-corrected chi connectivity index (χ4v) is 5.80. The zero-order valence-corrected chi connectivity index (χ0v) is 19.4. The number of benzene rings is 1. The summed E-state index contributed by atoms with van der Waals surface area (Å²) in [5.41, 5.74) is 5.80. The molecule has 32 heavy (non-hydrogen) atoms. The molecule has 0 fully saturated rings. The number of rotatable bonds is 5. The van der Waals surface area contributed by atoms with Crippen LogP contribution in [0.15, 0.2) is 69.8 Å². The summed E-state index contributed by atoms with van der Waals surface area (Å²) in [5, 5.41) is 16.8. The number of aryl methyl sites for hydroxylation is 1. The van der Waals surface area contributed by atoms with Crippen molar-refractivity contribution in [2.45, 2.75) is 71.5 Å². The third kappa shape index (κ3) is 3.07. The Morgan fingerprint density at radius 2 is 2.03 bits per heavy atom. The summed E-state index contributed by atoms with van der Waals surface area (Å²) in [6.45, 7) is 9.55. The number of fused-ring (bicyclic) bond motifs is 1. The van der Waals surface area contributed by atoms with E-state index in [2.05, 4.69) is 83.4 Å². The van der Waals surface area contributed by atoms with Crippen molar-refractivity contribution in [1.82, 2.24) is 15.1 Å². The maximum atomic E-state index is 13.6. The van der Waals surface area contributed by atoms with Gasteiger partial charge in [-0.05, 0) is 42.4 Å². The average Bonchev–Trinajstić information content (AvgIpc) is 3.41. The summed E-state index contributed by atoms with van der Waals surface area (Å²) in [4.78, 5) is 13.6. The minimum atomic E-state index is -0.520. The second-order valence-corrected chi connectivity index (χ2v) is 9.94. The van der Waals surface area contributed by atoms with E-state index >= 15 is 0 Å². The van der Waals surface area contributed by atoms with Gasteiger partial charge in [-0.3, -0.25) is 9.48 Å². The van der Waals surface area contributed by atoms with Gasteiger partial charge in [0, 0.05) is 41.6 Å². The molecule has 6 heteroatoms. The number of nitrogens with zero attached hydrogens (tertiary/aromatic N) is 4. The van der Waals surface area contributed by atoms with Crippen LogP contribution in [0.3, 0.4) is 0 Å². The molecule has 0 spiro atoms. The number of hydrogen-bond acceptors (Lipinski definition) is 5. The monoisotopic (exact) mass is 429 g/mol. The van der Waals surface area contributed by atoms with Crippen molar-refractivity contribution < 1.29 is 4.79 Å². The van der Waals surface area contributed by atoms with Crippen molar-refractivity contribution in [3.63, 3.8) is 0 Å². The Bertz CT molecular complexity index is 1170. The minimum Gasteiger partial charge on any atom is -0.362 e. The molecule has 2 atom stereocenters. The number of ketones is 1. The van der Waals surface area contributed by atoms with Crippen molar-refractivity contribution in [3.8, 4) is 11.3 Å². The standard InChI is InChI=1S/C26H31N5O/c1-5-12-31-21(10-11-28-31)17-8-7-9-18(13-17)26(6-2)19-16-27-30-24(19)29-20-14-25(3,4)15-22(32)23(20)26/h7-11,13,16,24,29H,5-6,12,14-15H2,1-4H3/t24?,26-/m0/s1. The maximum Gasteiger partial charge on any atom is 0.164 e. The van der Waals surface area contributed by atoms with Crippen LogP contribution in [0.4, 0.5) is 0 Å². The van der Waals surface area contributed by atoms with Crippen LogP contribution in [0.2, 0.25) is 0 Å². The lowest BCUT2D eigenvalue weighted by molar-refractivity contribution is -0.119. The first-order chi connectivity index (χ1) is 15.4. The highest BCUT2D eigenvalue weighted by atomic mass is 16.1. The van der Waals surface area contributed by atoms with Crippen LogP contribution >= 0.6 is 0 Å². The molecule has 1 aromatic heterocycles. The highest BCUT2D eigenvalue weighted by Gasteiger charge is 2.52. The smallest absolute Gasteiger partial charge is 0.164 e. The first-order valence-corrected chi connectivity index (χ1v) is 11.7. The van der Waals surface area contributed by atoms with E-state index in [4.69, 9.17) is 0 Å². The fourth-order valence-electron chi connectivity index (χ4n) is 5.80. The van der Waals surface area contributed by atoms with Crippen molar-refractivity contribution in [2.75, 3.05) is 0 Å². The van der Waals surface area contributed by atoms with Gasteiger partial charge in [0.25, 0.3) is 0 Å². The SMILES string of the molecule is CCCn1nccc1-c1cccc([C@@]2(CC)C3=CN=NC3NC3=C2C(=O)CC(C)(C)C3)c1. The number of aromatic nitrogens is 2. The molecule has 6 nitrogen and oxygen atoms in total. The lowest BCUT2D eigenvalue weighted by atomic mass is 9.58. The van der Waals surface area contributed by atoms with Crippen LogP contribution in [-0.4, -0.2) is 21.7 Å². The Balaban J connectivity index is 1.71. The molecule has 1 aliphatic carbocycles. The number of hydrogen-bond donors (Lipinski definition) is 1. The molecule has 3 heterocycles. The Morgan fingerprint density at radius 1 is 1.19 bits per heavy atom. The zero-order valence-electron chi connectivity index (χ0n) is 19.4. The van der Waals surface area contributed by atoms with Crippen LogP contribution in [0, 0.1) is 5.41 Å². The molecule has 0 saturated heterocycles. The molecule has 3 aliphatic rings. The highest BCUT2D eigenvalue weighted by Crippen LogP contribution is 2.53. The summed E-state index contributed by atoms with van der Waals surface area (Å²) < 4.78 is 2.06. The Morgan fingerprint density at radius 3 is 2.81 bits per heavy atom. The maximum absolute atomic E-state index is 13.6. The average molecular weight is 430 g/mol. The van der Waals surface area contributed by atoms with Crippen LogP contribution in [0.5, 0.6) is 0 Å². The third-order valence-corrected chi connectivity index (χ3v) is 7.11. The fraction of sp³-hybridized carbons (Fsp3) is 0.462. The predicted molar refractivity (Wildman–Crippen MR) is 125 cm³/mol. The van der Waals surface area contributed by atoms with Gasteiger partial charge in [-0.1, -0.05) is 45.9 Å². The summed E-state index contributed by atoms with van der Waals surface area (Å²) in [6, 6.07) is 10.7. The summed E-state index contributed by atoms with van der Waals surface area (Å²) in [5.74, 6) is 0.235. The molecular formula is C26H31N5O. The number of nitrogens with one attached hydrogen (secondary N) is 1. The largest absolute Gasteiger partial charge is 0.362 e. The van der Waals surface area contributed by atoms with Gasteiger partial charge in [0.05, 0.1) is 17.3 Å². The number of carbonyl (C=O) groups excluding carboxylic acids is 1. The Hall–Kier alpha value is -3.02. The van der Waals surface area contributed by atoms with E-state index in [1.807, 2.05) is 12.4 Å². The quantitative estimate of drug-likeness (QED) is 0.679. The minimum absolute atomic E-state index is 0.0616. The van der Waals surface area contributed by atoms with Gasteiger partial charge < -0.3 is 5.32 Å². The topological polar surface area (TPSA) is 71.6 Å². The van der Waals surface area contributed by atoms with Crippen LogP contribution in [0.1, 0.15) is 58.9 Å². The van der Waals surface area contributed by atoms with Gasteiger partial charge in [-0.2, -0.15) is 15.3 Å². The molecule has 1 N–H and O–H groups in total. The van der Waals surface area contributed by atoms with Gasteiger partial charge >= 0.3 is 0 Å². The van der Waals surface area contributed by atoms with E-state index in [9.17, 15) is 4.79 Å². The van der Waals surface area contributed by atoms with Crippen LogP contribution in [-0.2, 0) is 16.8 Å². The molecule has 0 radical (unpaired) electrons. The van der Waals surface area contributed by atoms with E-state index in [-0.39, 0.29) is 17.4 Å². The molecule has 1 aromatic carbocycles. The summed E-state index contributed by atoms with van der Waals surface area (Å²) in [6.07, 6.45) is 6.74. The third-order valence-electron chi connectivity index (χ3n) is 7.11. The van der Waals surface area contributed by atoms with Crippen LogP contribution < -0.4 is 5.32 Å². The predicted octanol–water partition coefficient (Wildman–Crippen LogP) is 5.53. The van der Waals surface area contributed by atoms with E-state index in [0.717, 1.165) is 59.5 Å². The second kappa shape index (κ2) is 7.54. The second-order valence-electron chi connectivity index (χ2n) is 9.94. The van der Waals surface area contributed by atoms with Crippen molar-refractivity contribution >= 4 is 5.78 Å². The molecule has 0 saturated carbocycles. The van der Waals surface area contributed by atoms with Gasteiger partial charge in [0.1, 0.15) is 0 Å². The van der Waals surface area contributed by atoms with Crippen molar-refractivity contribution in [3.05, 3.63) is 65.1 Å². The van der Waals surface area contributed by atoms with Crippen LogP contribution in [0.25, 0.3) is 11.3 Å². The molecule has 2 aliphatic heterocycles. The van der Waals surface area contributed by atoms with Crippen molar-refractivity contribution in [2.24, 2.45) is 15.6 Å². The molecule has 1 unspecified atom stereocenters. The zero-order chi connectivity index (χ0) is 22.5. The van der Waals surface area contributed by atoms with Crippen molar-refractivity contribution in [1.29, 1.82) is 0 Å². The first kappa shape index (κ1) is 20.9. The van der Waals surface area contributed by atoms with E-state index in [1.54, 1.807) is 0 Å². The number of allylic oxidation sites excluding steroid dienone is 2. The lowest BCUT2D eigenvalue weighted by Crippen LogP contribution is -2.51. The molecule has 5 rings (SSSR count). The molecule has 166 valence electrons. The van der Waals surface area contributed by atoms with Gasteiger partial charge in [-0.25, -0.2) is 0 Å². The normalized spacial score (nSPS) is 25.9. The molecule has 0 bridgehead atoms. The first-order valence-electron chi connectivity index (χ1n) is 11.7. The van der Waals surface area contributed by atoms with E-state index in [0.29, 0.717) is 6.42 Å². The number of azo groups is 1.